The van der Waals surface area contributed by atoms with Crippen molar-refractivity contribution in [3.63, 3.8) is 0 Å². The van der Waals surface area contributed by atoms with Crippen LogP contribution in [0.3, 0.4) is 0 Å². The smallest absolute Gasteiger partial charge is 0.328 e. The Morgan fingerprint density at radius 2 is 2.13 bits per heavy atom. The maximum Gasteiger partial charge on any atom is 0.328 e. The number of ether oxygens (including phenoxy) is 2. The van der Waals surface area contributed by atoms with Gasteiger partial charge in [0.2, 0.25) is 5.91 Å². The van der Waals surface area contributed by atoms with Gasteiger partial charge in [-0.15, -0.1) is 0 Å². The number of urea groups is 1. The molecule has 1 saturated heterocycles. The number of likely N-dealkylation sites (N-methyl/N-ethyl adjacent to an activating group) is 1. The average Bonchev–Trinajstić information content (AvgIpc) is 2.88. The molecule has 2 bridgehead atoms. The SMILES string of the molecule is COC(C)Oc1cc(NC(=O)N2c3nc(C=O)c(CN4CCN(C)CC4=O)cc3C3CC2C3)ncc1C#N. The Hall–Kier alpha value is -4.08. The number of rotatable bonds is 7. The van der Waals surface area contributed by atoms with Gasteiger partial charge in [-0.3, -0.25) is 24.7 Å². The highest BCUT2D eigenvalue weighted by Gasteiger charge is 2.46. The number of amides is 3. The second kappa shape index (κ2) is 10.4. The molecule has 1 saturated carbocycles. The molecule has 12 heteroatoms. The van der Waals surface area contributed by atoms with E-state index in [4.69, 9.17) is 9.47 Å². The number of hydrogen-bond donors (Lipinski definition) is 1. The summed E-state index contributed by atoms with van der Waals surface area (Å²) in [5.74, 6) is 1.15. The Morgan fingerprint density at radius 1 is 1.34 bits per heavy atom. The Bertz CT molecular complexity index is 1320. The van der Waals surface area contributed by atoms with Crippen molar-refractivity contribution in [2.75, 3.05) is 44.0 Å². The zero-order valence-corrected chi connectivity index (χ0v) is 21.5. The summed E-state index contributed by atoms with van der Waals surface area (Å²) in [5, 5.41) is 12.1. The molecular weight excluding hydrogens is 490 g/mol. The number of pyridine rings is 2. The van der Waals surface area contributed by atoms with Gasteiger partial charge < -0.3 is 14.4 Å². The number of hydrogen-bond acceptors (Lipinski definition) is 9. The lowest BCUT2D eigenvalue weighted by molar-refractivity contribution is -0.136. The second-order valence-corrected chi connectivity index (χ2v) is 9.84. The van der Waals surface area contributed by atoms with Gasteiger partial charge in [0.1, 0.15) is 34.7 Å². The van der Waals surface area contributed by atoms with E-state index in [2.05, 4.69) is 15.3 Å². The van der Waals surface area contributed by atoms with Gasteiger partial charge in [0.05, 0.1) is 12.7 Å². The molecule has 2 fully saturated rings. The van der Waals surface area contributed by atoms with E-state index in [0.717, 1.165) is 24.9 Å². The molecule has 1 atom stereocenters. The summed E-state index contributed by atoms with van der Waals surface area (Å²) >= 11 is 0. The van der Waals surface area contributed by atoms with Crippen molar-refractivity contribution in [3.8, 4) is 11.8 Å². The Balaban J connectivity index is 1.40. The van der Waals surface area contributed by atoms with Gasteiger partial charge in [0, 0.05) is 44.4 Å². The molecular formula is C26H29N7O5. The van der Waals surface area contributed by atoms with Crippen LogP contribution in [0.25, 0.3) is 0 Å². The molecule has 0 aromatic carbocycles. The number of aldehydes is 1. The van der Waals surface area contributed by atoms with Crippen molar-refractivity contribution >= 4 is 29.9 Å². The van der Waals surface area contributed by atoms with E-state index in [0.29, 0.717) is 37.3 Å². The fraction of sp³-hybridized carbons (Fsp3) is 0.462. The van der Waals surface area contributed by atoms with Gasteiger partial charge in [-0.05, 0) is 44.4 Å². The first kappa shape index (κ1) is 25.6. The molecule has 4 aliphatic rings. The molecule has 2 aromatic heterocycles. The number of piperazine rings is 1. The van der Waals surface area contributed by atoms with Crippen molar-refractivity contribution in [2.24, 2.45) is 0 Å². The molecule has 0 spiro atoms. The van der Waals surface area contributed by atoms with Crippen molar-refractivity contribution < 1.29 is 23.9 Å². The zero-order valence-electron chi connectivity index (χ0n) is 21.5. The first-order valence-corrected chi connectivity index (χ1v) is 12.5. The third kappa shape index (κ3) is 4.78. The summed E-state index contributed by atoms with van der Waals surface area (Å²) in [6.07, 6.45) is 2.97. The monoisotopic (exact) mass is 519 g/mol. The molecule has 0 radical (unpaired) electrons. The largest absolute Gasteiger partial charge is 0.464 e. The summed E-state index contributed by atoms with van der Waals surface area (Å²) in [5.41, 5.74) is 2.01. The normalized spacial score (nSPS) is 21.2. The van der Waals surface area contributed by atoms with Gasteiger partial charge in [-0.1, -0.05) is 0 Å². The molecule has 1 aliphatic carbocycles. The van der Waals surface area contributed by atoms with E-state index in [1.54, 1.807) is 16.7 Å². The fourth-order valence-electron chi connectivity index (χ4n) is 5.07. The van der Waals surface area contributed by atoms with Crippen LogP contribution in [0.15, 0.2) is 18.3 Å². The van der Waals surface area contributed by atoms with E-state index in [-0.39, 0.29) is 40.7 Å². The van der Waals surface area contributed by atoms with Crippen LogP contribution in [0.2, 0.25) is 0 Å². The Labute approximate surface area is 220 Å². The minimum atomic E-state index is -0.602. The highest BCUT2D eigenvalue weighted by atomic mass is 16.7. The Kier molecular flexibility index (Phi) is 6.96. The van der Waals surface area contributed by atoms with E-state index < -0.39 is 12.3 Å². The highest BCUT2D eigenvalue weighted by molar-refractivity contribution is 6.03. The van der Waals surface area contributed by atoms with Crippen molar-refractivity contribution in [2.45, 2.75) is 44.6 Å². The number of nitrogens with zero attached hydrogens (tertiary/aromatic N) is 6. The fourth-order valence-corrected chi connectivity index (χ4v) is 5.07. The lowest BCUT2D eigenvalue weighted by Crippen LogP contribution is -2.54. The standard InChI is InChI=1S/C26H29N7O5/c1-15(37-3)38-22-9-23(28-11-18(22)10-27)30-26(36)33-19-6-16(7-19)20-8-17(21(14-34)29-25(20)33)12-32-5-4-31(2)13-24(32)35/h8-9,11,14-16,19H,4-7,12-13H2,1-3H3,(H,28,30,36). The minimum absolute atomic E-state index is 0.0104. The van der Waals surface area contributed by atoms with Crippen molar-refractivity contribution in [3.05, 3.63) is 40.7 Å². The molecule has 2 aromatic rings. The van der Waals surface area contributed by atoms with E-state index in [1.807, 2.05) is 24.1 Å². The van der Waals surface area contributed by atoms with Crippen LogP contribution in [0.5, 0.6) is 5.75 Å². The molecule has 1 unspecified atom stereocenters. The summed E-state index contributed by atoms with van der Waals surface area (Å²) in [6.45, 7) is 3.67. The van der Waals surface area contributed by atoms with Crippen LogP contribution in [0.4, 0.5) is 16.4 Å². The lowest BCUT2D eigenvalue weighted by Gasteiger charge is -2.49. The Morgan fingerprint density at radius 3 is 2.82 bits per heavy atom. The summed E-state index contributed by atoms with van der Waals surface area (Å²) in [6, 6.07) is 4.92. The van der Waals surface area contributed by atoms with Crippen molar-refractivity contribution in [1.82, 2.24) is 19.8 Å². The highest BCUT2D eigenvalue weighted by Crippen LogP contribution is 2.50. The van der Waals surface area contributed by atoms with Gasteiger partial charge >= 0.3 is 6.03 Å². The molecule has 38 heavy (non-hydrogen) atoms. The predicted octanol–water partition coefficient (Wildman–Crippen LogP) is 2.10. The van der Waals surface area contributed by atoms with Gasteiger partial charge in [0.15, 0.2) is 12.6 Å². The number of nitriles is 1. The van der Waals surface area contributed by atoms with E-state index in [9.17, 15) is 19.6 Å². The van der Waals surface area contributed by atoms with Crippen LogP contribution >= 0.6 is 0 Å². The van der Waals surface area contributed by atoms with Crippen LogP contribution in [-0.2, 0) is 16.1 Å². The van der Waals surface area contributed by atoms with E-state index >= 15 is 0 Å². The quantitative estimate of drug-likeness (QED) is 0.430. The average molecular weight is 520 g/mol. The molecule has 12 nitrogen and oxygen atoms in total. The van der Waals surface area contributed by atoms with E-state index in [1.165, 1.54) is 19.4 Å². The number of methoxy groups -OCH3 is 1. The predicted molar refractivity (Wildman–Crippen MR) is 136 cm³/mol. The molecule has 1 N–H and O–H groups in total. The molecule has 5 heterocycles. The number of anilines is 2. The van der Waals surface area contributed by atoms with Crippen LogP contribution in [0.1, 0.15) is 52.9 Å². The summed E-state index contributed by atoms with van der Waals surface area (Å²) in [4.78, 5) is 52.0. The van der Waals surface area contributed by atoms with Gasteiger partial charge in [0.25, 0.3) is 0 Å². The number of aromatic nitrogens is 2. The topological polar surface area (TPSA) is 141 Å². The number of carbonyl (C=O) groups is 3. The van der Waals surface area contributed by atoms with Crippen molar-refractivity contribution in [1.29, 1.82) is 5.26 Å². The maximum atomic E-state index is 13.4. The molecule has 198 valence electrons. The number of nitrogens with one attached hydrogen (secondary N) is 1. The molecule has 6 rings (SSSR count). The van der Waals surface area contributed by atoms with Gasteiger partial charge in [-0.2, -0.15) is 5.26 Å². The van der Waals surface area contributed by atoms with Crippen LogP contribution in [0, 0.1) is 11.3 Å². The zero-order chi connectivity index (χ0) is 27.0. The third-order valence-corrected chi connectivity index (χ3v) is 7.34. The first-order chi connectivity index (χ1) is 18.3. The third-order valence-electron chi connectivity index (χ3n) is 7.34. The molecule has 3 aliphatic heterocycles. The lowest BCUT2D eigenvalue weighted by atomic mass is 9.71. The minimum Gasteiger partial charge on any atom is -0.464 e. The van der Waals surface area contributed by atoms with Crippen LogP contribution < -0.4 is 15.0 Å². The summed E-state index contributed by atoms with van der Waals surface area (Å²) < 4.78 is 10.7. The first-order valence-electron chi connectivity index (χ1n) is 12.5. The number of carbonyl (C=O) groups excluding carboxylic acids is 3. The molecule has 3 amide bonds. The van der Waals surface area contributed by atoms with Crippen LogP contribution in [-0.4, -0.2) is 84.1 Å². The maximum absolute atomic E-state index is 13.4. The second-order valence-electron chi connectivity index (χ2n) is 9.84. The summed E-state index contributed by atoms with van der Waals surface area (Å²) in [7, 11) is 3.38. The van der Waals surface area contributed by atoms with Gasteiger partial charge in [-0.25, -0.2) is 14.8 Å².